The number of benzene rings is 2. The van der Waals surface area contributed by atoms with Crippen LogP contribution in [0.1, 0.15) is 42.7 Å². The Bertz CT molecular complexity index is 578. The van der Waals surface area contributed by atoms with Crippen molar-refractivity contribution in [3.63, 3.8) is 0 Å². The van der Waals surface area contributed by atoms with Gasteiger partial charge in [-0.2, -0.15) is 5.26 Å². The highest BCUT2D eigenvalue weighted by Crippen LogP contribution is 2.24. The molecule has 0 radical (unpaired) electrons. The van der Waals surface area contributed by atoms with Gasteiger partial charge in [0.1, 0.15) is 0 Å². The molecule has 1 atom stereocenters. The third kappa shape index (κ3) is 5.28. The Morgan fingerprint density at radius 1 is 0.905 bits per heavy atom. The van der Waals surface area contributed by atoms with Crippen LogP contribution < -0.4 is 0 Å². The van der Waals surface area contributed by atoms with Gasteiger partial charge in [-0.05, 0) is 24.0 Å². The molecule has 1 heteroatoms. The molecule has 0 aliphatic carbocycles. The second-order valence-electron chi connectivity index (χ2n) is 5.19. The maximum Gasteiger partial charge on any atom is 0.0621 e. The first-order valence-corrected chi connectivity index (χ1v) is 7.55. The van der Waals surface area contributed by atoms with Gasteiger partial charge < -0.3 is 0 Å². The largest absolute Gasteiger partial charge is 0.198 e. The molecule has 0 saturated heterocycles. The van der Waals surface area contributed by atoms with Crippen LogP contribution in [0.15, 0.2) is 66.7 Å². The lowest BCUT2D eigenvalue weighted by Crippen LogP contribution is -1.95. The van der Waals surface area contributed by atoms with Crippen LogP contribution in [-0.4, -0.2) is 0 Å². The number of unbranched alkanes of at least 4 members (excludes halogenated alkanes) is 2. The molecule has 0 aliphatic rings. The van der Waals surface area contributed by atoms with Gasteiger partial charge in [0.2, 0.25) is 0 Å². The van der Waals surface area contributed by atoms with E-state index in [4.69, 9.17) is 5.26 Å². The summed E-state index contributed by atoms with van der Waals surface area (Å²) in [5.74, 6) is 0.421. The van der Waals surface area contributed by atoms with Gasteiger partial charge >= 0.3 is 0 Å². The highest BCUT2D eigenvalue weighted by molar-refractivity contribution is 5.50. The fraction of sp³-hybridized carbons (Fsp3) is 0.250. The maximum absolute atomic E-state index is 8.64. The minimum Gasteiger partial charge on any atom is -0.198 e. The lowest BCUT2D eigenvalue weighted by molar-refractivity contribution is 0.646. The molecule has 106 valence electrons. The van der Waals surface area contributed by atoms with E-state index in [9.17, 15) is 0 Å². The number of rotatable bonds is 7. The summed E-state index contributed by atoms with van der Waals surface area (Å²) >= 11 is 0. The summed E-state index contributed by atoms with van der Waals surface area (Å²) in [6.45, 7) is 0. The van der Waals surface area contributed by atoms with Gasteiger partial charge in [-0.25, -0.2) is 0 Å². The summed E-state index contributed by atoms with van der Waals surface area (Å²) in [5, 5.41) is 8.64. The van der Waals surface area contributed by atoms with E-state index < -0.39 is 0 Å². The molecule has 1 nitrogen and oxygen atoms in total. The van der Waals surface area contributed by atoms with E-state index in [0.29, 0.717) is 12.3 Å². The van der Waals surface area contributed by atoms with Crippen LogP contribution in [0.5, 0.6) is 0 Å². The lowest BCUT2D eigenvalue weighted by Gasteiger charge is -2.13. The first-order valence-electron chi connectivity index (χ1n) is 7.55. The summed E-state index contributed by atoms with van der Waals surface area (Å²) in [6.07, 6.45) is 8.31. The SMILES string of the molecule is N#CCCCCC(/C=C/c1ccccc1)c1ccccc1. The van der Waals surface area contributed by atoms with E-state index in [1.54, 1.807) is 0 Å². The van der Waals surface area contributed by atoms with Crippen molar-refractivity contribution in [3.8, 4) is 6.07 Å². The topological polar surface area (TPSA) is 23.8 Å². The Morgan fingerprint density at radius 2 is 1.57 bits per heavy atom. The molecule has 0 fully saturated rings. The van der Waals surface area contributed by atoms with Crippen molar-refractivity contribution < 1.29 is 0 Å². The zero-order valence-corrected chi connectivity index (χ0v) is 12.3. The number of allylic oxidation sites excluding steroid dienone is 1. The van der Waals surface area contributed by atoms with Crippen LogP contribution in [0.4, 0.5) is 0 Å². The van der Waals surface area contributed by atoms with Gasteiger partial charge in [0, 0.05) is 12.3 Å². The van der Waals surface area contributed by atoms with Crippen molar-refractivity contribution in [2.75, 3.05) is 0 Å². The first-order chi connectivity index (χ1) is 10.4. The zero-order chi connectivity index (χ0) is 14.8. The monoisotopic (exact) mass is 275 g/mol. The normalized spacial score (nSPS) is 12.1. The second kappa shape index (κ2) is 8.76. The third-order valence-electron chi connectivity index (χ3n) is 3.60. The van der Waals surface area contributed by atoms with Crippen LogP contribution in [-0.2, 0) is 0 Å². The molecular weight excluding hydrogens is 254 g/mol. The molecule has 2 rings (SSSR count). The molecule has 0 spiro atoms. The van der Waals surface area contributed by atoms with Crippen molar-refractivity contribution in [2.45, 2.75) is 31.6 Å². The van der Waals surface area contributed by atoms with E-state index >= 15 is 0 Å². The fourth-order valence-electron chi connectivity index (χ4n) is 2.43. The van der Waals surface area contributed by atoms with Gasteiger partial charge in [-0.3, -0.25) is 0 Å². The average Bonchev–Trinajstić information content (AvgIpc) is 2.56. The van der Waals surface area contributed by atoms with Crippen LogP contribution in [0.3, 0.4) is 0 Å². The minimum absolute atomic E-state index is 0.421. The molecule has 21 heavy (non-hydrogen) atoms. The van der Waals surface area contributed by atoms with E-state index in [1.807, 2.05) is 6.07 Å². The van der Waals surface area contributed by atoms with Crippen molar-refractivity contribution in [1.82, 2.24) is 0 Å². The Balaban J connectivity index is 2.05. The van der Waals surface area contributed by atoms with Gasteiger partial charge in [0.15, 0.2) is 0 Å². The van der Waals surface area contributed by atoms with Crippen molar-refractivity contribution in [2.24, 2.45) is 0 Å². The summed E-state index contributed by atoms with van der Waals surface area (Å²) in [7, 11) is 0. The molecule has 0 aromatic heterocycles. The molecule has 2 aromatic carbocycles. The van der Waals surface area contributed by atoms with E-state index in [0.717, 1.165) is 19.3 Å². The third-order valence-corrected chi connectivity index (χ3v) is 3.60. The number of hydrogen-bond donors (Lipinski definition) is 0. The standard InChI is InChI=1S/C20H21N/c21-17-9-3-8-14-20(19-12-6-2-7-13-19)16-15-18-10-4-1-5-11-18/h1-2,4-7,10-13,15-16,20H,3,8-9,14H2/b16-15+. The van der Waals surface area contributed by atoms with E-state index in [2.05, 4.69) is 72.8 Å². The smallest absolute Gasteiger partial charge is 0.0621 e. The summed E-state index contributed by atoms with van der Waals surface area (Å²) in [5.41, 5.74) is 2.58. The van der Waals surface area contributed by atoms with Crippen LogP contribution in [0, 0.1) is 11.3 Å². The molecule has 0 bridgehead atoms. The van der Waals surface area contributed by atoms with Gasteiger partial charge in [-0.1, -0.05) is 79.2 Å². The Labute approximate surface area is 127 Å². The lowest BCUT2D eigenvalue weighted by atomic mass is 9.92. The Morgan fingerprint density at radius 3 is 2.24 bits per heavy atom. The number of nitriles is 1. The van der Waals surface area contributed by atoms with Crippen molar-refractivity contribution in [3.05, 3.63) is 77.9 Å². The molecule has 0 heterocycles. The van der Waals surface area contributed by atoms with Crippen LogP contribution >= 0.6 is 0 Å². The van der Waals surface area contributed by atoms with Gasteiger partial charge in [-0.15, -0.1) is 0 Å². The van der Waals surface area contributed by atoms with Gasteiger partial charge in [0.05, 0.1) is 6.07 Å². The molecule has 2 aromatic rings. The highest BCUT2D eigenvalue weighted by Gasteiger charge is 2.07. The summed E-state index contributed by atoms with van der Waals surface area (Å²) in [6, 6.07) is 23.2. The predicted octanol–water partition coefficient (Wildman–Crippen LogP) is 5.57. The Hall–Kier alpha value is -2.33. The van der Waals surface area contributed by atoms with Crippen molar-refractivity contribution in [1.29, 1.82) is 5.26 Å². The minimum atomic E-state index is 0.421. The second-order valence-corrected chi connectivity index (χ2v) is 5.19. The molecule has 1 unspecified atom stereocenters. The molecule has 0 amide bonds. The van der Waals surface area contributed by atoms with Gasteiger partial charge in [0.25, 0.3) is 0 Å². The average molecular weight is 275 g/mol. The molecule has 0 aliphatic heterocycles. The molecular formula is C20H21N. The number of hydrogen-bond acceptors (Lipinski definition) is 1. The van der Waals surface area contributed by atoms with E-state index in [-0.39, 0.29) is 0 Å². The zero-order valence-electron chi connectivity index (χ0n) is 12.3. The number of nitrogens with zero attached hydrogens (tertiary/aromatic N) is 1. The van der Waals surface area contributed by atoms with Crippen molar-refractivity contribution >= 4 is 6.08 Å². The fourth-order valence-corrected chi connectivity index (χ4v) is 2.43. The summed E-state index contributed by atoms with van der Waals surface area (Å²) < 4.78 is 0. The summed E-state index contributed by atoms with van der Waals surface area (Å²) in [4.78, 5) is 0. The van der Waals surface area contributed by atoms with Crippen LogP contribution in [0.2, 0.25) is 0 Å². The van der Waals surface area contributed by atoms with Crippen LogP contribution in [0.25, 0.3) is 6.08 Å². The predicted molar refractivity (Wildman–Crippen MR) is 88.7 cm³/mol. The molecule has 0 N–H and O–H groups in total. The highest BCUT2D eigenvalue weighted by atomic mass is 14.2. The van der Waals surface area contributed by atoms with E-state index in [1.165, 1.54) is 11.1 Å². The maximum atomic E-state index is 8.64. The first kappa shape index (κ1) is 15.1. The Kier molecular flexibility index (Phi) is 6.29. The molecule has 0 saturated carbocycles. The quantitative estimate of drug-likeness (QED) is 0.606.